The Morgan fingerprint density at radius 2 is 2.28 bits per heavy atom. The summed E-state index contributed by atoms with van der Waals surface area (Å²) < 4.78 is 5.64. The van der Waals surface area contributed by atoms with Gasteiger partial charge in [-0.15, -0.1) is 0 Å². The van der Waals surface area contributed by atoms with Crippen LogP contribution in [0.1, 0.15) is 28.5 Å². The van der Waals surface area contributed by atoms with Gasteiger partial charge in [-0.1, -0.05) is 6.07 Å². The summed E-state index contributed by atoms with van der Waals surface area (Å²) in [5.41, 5.74) is 4.05. The first-order chi connectivity index (χ1) is 12.2. The Morgan fingerprint density at radius 1 is 1.40 bits per heavy atom. The molecular weight excluding hydrogens is 386 g/mol. The van der Waals surface area contributed by atoms with Crippen LogP contribution >= 0.6 is 15.9 Å². The number of fused-ring (bicyclic) bond motifs is 2. The molecule has 0 unspecified atom stereocenters. The van der Waals surface area contributed by atoms with Crippen molar-refractivity contribution in [1.82, 2.24) is 15.0 Å². The highest BCUT2D eigenvalue weighted by atomic mass is 79.9. The molecule has 1 aliphatic rings. The van der Waals surface area contributed by atoms with Gasteiger partial charge in [0.2, 0.25) is 0 Å². The second-order valence-corrected chi connectivity index (χ2v) is 6.28. The Hall–Kier alpha value is -2.74. The first kappa shape index (κ1) is 15.8. The molecule has 2 N–H and O–H groups in total. The predicted molar refractivity (Wildman–Crippen MR) is 98.6 cm³/mol. The fourth-order valence-corrected chi connectivity index (χ4v) is 3.38. The molecule has 0 spiro atoms. The summed E-state index contributed by atoms with van der Waals surface area (Å²) in [4.78, 5) is 27.8. The minimum Gasteiger partial charge on any atom is -0.461 e. The Morgan fingerprint density at radius 3 is 3.12 bits per heavy atom. The lowest BCUT2D eigenvalue weighted by Gasteiger charge is -2.08. The molecule has 126 valence electrons. The van der Waals surface area contributed by atoms with Gasteiger partial charge >= 0.3 is 5.97 Å². The van der Waals surface area contributed by atoms with Gasteiger partial charge in [-0.05, 0) is 46.1 Å². The van der Waals surface area contributed by atoms with Crippen molar-refractivity contribution >= 4 is 50.7 Å². The molecule has 0 radical (unpaired) electrons. The third kappa shape index (κ3) is 2.78. The van der Waals surface area contributed by atoms with Crippen molar-refractivity contribution in [3.05, 3.63) is 45.8 Å². The predicted octanol–water partition coefficient (Wildman–Crippen LogP) is 3.57. The maximum absolute atomic E-state index is 12.1. The second-order valence-electron chi connectivity index (χ2n) is 5.49. The maximum atomic E-state index is 12.1. The third-order valence-electron chi connectivity index (χ3n) is 3.91. The molecule has 1 aromatic carbocycles. The number of hydrogen-bond donors (Lipinski definition) is 2. The van der Waals surface area contributed by atoms with Crippen LogP contribution in [0.4, 0.5) is 11.5 Å². The molecule has 2 aromatic heterocycles. The van der Waals surface area contributed by atoms with E-state index in [2.05, 4.69) is 41.2 Å². The van der Waals surface area contributed by atoms with E-state index < -0.39 is 5.97 Å². The molecule has 0 fully saturated rings. The SMILES string of the molecule is CCOC(=O)c1[nH]c2ncnc(Nc3ccc4c(c3)C=NC4)c2c1Br. The number of nitrogens with zero attached hydrogens (tertiary/aromatic N) is 3. The van der Waals surface area contributed by atoms with Crippen molar-refractivity contribution in [3.63, 3.8) is 0 Å². The minimum atomic E-state index is -0.438. The molecule has 0 saturated heterocycles. The van der Waals surface area contributed by atoms with Gasteiger partial charge in [0.25, 0.3) is 0 Å². The number of aliphatic imine (C=N–C) groups is 1. The molecule has 7 nitrogen and oxygen atoms in total. The molecule has 8 heteroatoms. The smallest absolute Gasteiger partial charge is 0.355 e. The highest BCUT2D eigenvalue weighted by Gasteiger charge is 2.21. The molecule has 0 saturated carbocycles. The van der Waals surface area contributed by atoms with Crippen LogP contribution in [0.3, 0.4) is 0 Å². The number of carbonyl (C=O) groups excluding carboxylic acids is 1. The van der Waals surface area contributed by atoms with Gasteiger partial charge in [0, 0.05) is 11.9 Å². The number of anilines is 2. The van der Waals surface area contributed by atoms with Crippen LogP contribution in [0.25, 0.3) is 11.0 Å². The summed E-state index contributed by atoms with van der Waals surface area (Å²) in [6, 6.07) is 6.04. The van der Waals surface area contributed by atoms with E-state index in [0.29, 0.717) is 33.6 Å². The number of aromatic amines is 1. The van der Waals surface area contributed by atoms with Gasteiger partial charge in [0.15, 0.2) is 0 Å². The van der Waals surface area contributed by atoms with Gasteiger partial charge in [0.05, 0.1) is 23.0 Å². The van der Waals surface area contributed by atoms with Crippen LogP contribution < -0.4 is 5.32 Å². The largest absolute Gasteiger partial charge is 0.461 e. The van der Waals surface area contributed by atoms with Crippen molar-refractivity contribution in [2.45, 2.75) is 13.5 Å². The topological polar surface area (TPSA) is 92.3 Å². The summed E-state index contributed by atoms with van der Waals surface area (Å²) in [7, 11) is 0. The number of nitrogens with one attached hydrogen (secondary N) is 2. The lowest BCUT2D eigenvalue weighted by Crippen LogP contribution is -2.05. The van der Waals surface area contributed by atoms with Crippen LogP contribution in [0, 0.1) is 0 Å². The van der Waals surface area contributed by atoms with Crippen LogP contribution in [-0.4, -0.2) is 33.7 Å². The molecule has 0 atom stereocenters. The summed E-state index contributed by atoms with van der Waals surface area (Å²) >= 11 is 3.46. The molecular formula is C17H14BrN5O2. The molecule has 0 bridgehead atoms. The monoisotopic (exact) mass is 399 g/mol. The van der Waals surface area contributed by atoms with E-state index in [4.69, 9.17) is 4.74 Å². The van der Waals surface area contributed by atoms with E-state index in [1.807, 2.05) is 24.4 Å². The molecule has 0 aliphatic carbocycles. The fraction of sp³-hybridized carbons (Fsp3) is 0.176. The molecule has 3 aromatic rings. The van der Waals surface area contributed by atoms with Crippen molar-refractivity contribution in [2.24, 2.45) is 4.99 Å². The van der Waals surface area contributed by atoms with E-state index in [9.17, 15) is 4.79 Å². The summed E-state index contributed by atoms with van der Waals surface area (Å²) in [6.45, 7) is 2.78. The van der Waals surface area contributed by atoms with Crippen molar-refractivity contribution in [2.75, 3.05) is 11.9 Å². The van der Waals surface area contributed by atoms with Gasteiger partial charge < -0.3 is 15.0 Å². The highest BCUT2D eigenvalue weighted by Crippen LogP contribution is 2.33. The quantitative estimate of drug-likeness (QED) is 0.654. The first-order valence-corrected chi connectivity index (χ1v) is 8.55. The number of halogens is 1. The van der Waals surface area contributed by atoms with Crippen LogP contribution in [-0.2, 0) is 11.3 Å². The normalized spacial score (nSPS) is 12.4. The summed E-state index contributed by atoms with van der Waals surface area (Å²) in [5, 5.41) is 3.98. The molecule has 4 rings (SSSR count). The molecule has 0 amide bonds. The fourth-order valence-electron chi connectivity index (χ4n) is 2.74. The minimum absolute atomic E-state index is 0.300. The Balaban J connectivity index is 1.75. The number of ether oxygens (including phenoxy) is 1. The van der Waals surface area contributed by atoms with Gasteiger partial charge in [0.1, 0.15) is 23.5 Å². The number of H-pyrrole nitrogens is 1. The number of aromatic nitrogens is 3. The first-order valence-electron chi connectivity index (χ1n) is 7.76. The van der Waals surface area contributed by atoms with Crippen LogP contribution in [0.2, 0.25) is 0 Å². The van der Waals surface area contributed by atoms with Crippen molar-refractivity contribution in [3.8, 4) is 0 Å². The van der Waals surface area contributed by atoms with Crippen LogP contribution in [0.5, 0.6) is 0 Å². The lowest BCUT2D eigenvalue weighted by atomic mass is 10.1. The average molecular weight is 400 g/mol. The number of carbonyl (C=O) groups is 1. The standard InChI is InChI=1S/C17H14BrN5O2/c1-2-25-17(24)14-13(18)12-15(20-8-21-16(12)23-14)22-11-4-3-9-6-19-7-10(9)5-11/h3-5,7-8H,2,6H2,1H3,(H2,20,21,22,23). The number of benzene rings is 1. The lowest BCUT2D eigenvalue weighted by molar-refractivity contribution is 0.0519. The third-order valence-corrected chi connectivity index (χ3v) is 4.70. The second kappa shape index (κ2) is 6.29. The van der Waals surface area contributed by atoms with Crippen LogP contribution in [0.15, 0.2) is 34.0 Å². The Bertz CT molecular complexity index is 1010. The van der Waals surface area contributed by atoms with E-state index in [1.165, 1.54) is 11.9 Å². The molecule has 3 heterocycles. The van der Waals surface area contributed by atoms with Gasteiger partial charge in [-0.25, -0.2) is 14.8 Å². The van der Waals surface area contributed by atoms with Crippen molar-refractivity contribution < 1.29 is 9.53 Å². The van der Waals surface area contributed by atoms with E-state index >= 15 is 0 Å². The molecule has 1 aliphatic heterocycles. The average Bonchev–Trinajstić information content (AvgIpc) is 3.20. The Labute approximate surface area is 151 Å². The number of esters is 1. The summed E-state index contributed by atoms with van der Waals surface area (Å²) in [6.07, 6.45) is 3.30. The highest BCUT2D eigenvalue weighted by molar-refractivity contribution is 9.10. The summed E-state index contributed by atoms with van der Waals surface area (Å²) in [5.74, 6) is 0.158. The maximum Gasteiger partial charge on any atom is 0.355 e. The molecule has 25 heavy (non-hydrogen) atoms. The van der Waals surface area contributed by atoms with E-state index in [0.717, 1.165) is 17.8 Å². The van der Waals surface area contributed by atoms with Crippen molar-refractivity contribution in [1.29, 1.82) is 0 Å². The van der Waals surface area contributed by atoms with Gasteiger partial charge in [-0.3, -0.25) is 4.99 Å². The number of rotatable bonds is 4. The number of hydrogen-bond acceptors (Lipinski definition) is 6. The van der Waals surface area contributed by atoms with E-state index in [-0.39, 0.29) is 0 Å². The zero-order chi connectivity index (χ0) is 17.4. The zero-order valence-corrected chi connectivity index (χ0v) is 14.9. The Kier molecular flexibility index (Phi) is 3.96. The zero-order valence-electron chi connectivity index (χ0n) is 13.3. The van der Waals surface area contributed by atoms with Gasteiger partial charge in [-0.2, -0.15) is 0 Å². The van der Waals surface area contributed by atoms with E-state index in [1.54, 1.807) is 6.92 Å².